The second-order valence-corrected chi connectivity index (χ2v) is 5.59. The van der Waals surface area contributed by atoms with Gasteiger partial charge in [-0.25, -0.2) is 9.18 Å². The molecule has 2 aromatic heterocycles. The Hall–Kier alpha value is -3.48. The van der Waals surface area contributed by atoms with Crippen LogP contribution < -0.4 is 5.32 Å². The normalized spacial score (nSPS) is 10.5. The first kappa shape index (κ1) is 17.3. The second kappa shape index (κ2) is 7.18. The molecule has 0 atom stereocenters. The fraction of sp³-hybridized carbons (Fsp3) is 0.105. The Morgan fingerprint density at radius 3 is 2.65 bits per heavy atom. The van der Waals surface area contributed by atoms with Gasteiger partial charge < -0.3 is 14.5 Å². The number of aromatic nitrogens is 1. The molecule has 0 spiro atoms. The number of carbonyl (C=O) groups excluding carboxylic acids is 3. The number of pyridine rings is 1. The molecule has 0 aliphatic carbocycles. The molecular weight excluding hydrogens is 339 g/mol. The number of amides is 1. The zero-order valence-electron chi connectivity index (χ0n) is 13.9. The van der Waals surface area contributed by atoms with Gasteiger partial charge in [0, 0.05) is 18.8 Å². The number of nitrogens with one attached hydrogen (secondary N) is 1. The van der Waals surface area contributed by atoms with E-state index in [1.54, 1.807) is 28.8 Å². The molecule has 0 radical (unpaired) electrons. The first-order valence-corrected chi connectivity index (χ1v) is 7.79. The molecule has 0 fully saturated rings. The maximum atomic E-state index is 13.1. The molecule has 3 rings (SSSR count). The molecule has 1 N–H and O–H groups in total. The fourth-order valence-corrected chi connectivity index (χ4v) is 2.56. The van der Waals surface area contributed by atoms with Crippen molar-refractivity contribution in [3.05, 3.63) is 71.8 Å². The largest absolute Gasteiger partial charge is 0.452 e. The average Bonchev–Trinajstić information content (AvgIpc) is 3.00. The van der Waals surface area contributed by atoms with Gasteiger partial charge in [-0.15, -0.1) is 0 Å². The molecule has 1 amide bonds. The van der Waals surface area contributed by atoms with Crippen molar-refractivity contribution in [3.8, 4) is 0 Å². The van der Waals surface area contributed by atoms with Crippen LogP contribution in [0.15, 0.2) is 54.7 Å². The third-order valence-corrected chi connectivity index (χ3v) is 3.70. The van der Waals surface area contributed by atoms with Crippen LogP contribution in [0.1, 0.15) is 27.8 Å². The molecule has 1 aromatic carbocycles. The van der Waals surface area contributed by atoms with Gasteiger partial charge in [0.2, 0.25) is 0 Å². The SMILES string of the molecule is CC(=O)c1cc(C(=O)OCC(=O)Nc2cccc(F)c2)c2ccccn12. The molecule has 7 heteroatoms. The molecule has 3 aromatic rings. The molecule has 0 aliphatic heterocycles. The van der Waals surface area contributed by atoms with Crippen molar-refractivity contribution in [2.75, 3.05) is 11.9 Å². The Labute approximate surface area is 148 Å². The number of fused-ring (bicyclic) bond motifs is 1. The third-order valence-electron chi connectivity index (χ3n) is 3.70. The van der Waals surface area contributed by atoms with Crippen molar-refractivity contribution in [1.82, 2.24) is 4.40 Å². The molecule has 6 nitrogen and oxygen atoms in total. The van der Waals surface area contributed by atoms with Crippen LogP contribution in [0.4, 0.5) is 10.1 Å². The lowest BCUT2D eigenvalue weighted by Crippen LogP contribution is -2.20. The lowest BCUT2D eigenvalue weighted by molar-refractivity contribution is -0.119. The van der Waals surface area contributed by atoms with Crippen molar-refractivity contribution in [2.24, 2.45) is 0 Å². The number of halogens is 1. The van der Waals surface area contributed by atoms with E-state index in [4.69, 9.17) is 4.74 Å². The van der Waals surface area contributed by atoms with Crippen LogP contribution in [0.25, 0.3) is 5.52 Å². The highest BCUT2D eigenvalue weighted by molar-refractivity contribution is 6.04. The lowest BCUT2D eigenvalue weighted by Gasteiger charge is -2.06. The molecule has 0 aliphatic rings. The van der Waals surface area contributed by atoms with E-state index in [-0.39, 0.29) is 17.0 Å². The Bertz CT molecular complexity index is 1010. The number of anilines is 1. The molecule has 0 saturated heterocycles. The summed E-state index contributed by atoms with van der Waals surface area (Å²) in [6, 6.07) is 11.9. The van der Waals surface area contributed by atoms with E-state index in [1.807, 2.05) is 0 Å². The van der Waals surface area contributed by atoms with E-state index in [0.717, 1.165) is 6.07 Å². The highest BCUT2D eigenvalue weighted by atomic mass is 19.1. The van der Waals surface area contributed by atoms with E-state index < -0.39 is 24.3 Å². The van der Waals surface area contributed by atoms with Gasteiger partial charge in [-0.1, -0.05) is 12.1 Å². The first-order valence-electron chi connectivity index (χ1n) is 7.79. The van der Waals surface area contributed by atoms with Gasteiger partial charge in [0.15, 0.2) is 12.4 Å². The number of esters is 1. The lowest BCUT2D eigenvalue weighted by atomic mass is 10.2. The van der Waals surface area contributed by atoms with Gasteiger partial charge in [-0.2, -0.15) is 0 Å². The summed E-state index contributed by atoms with van der Waals surface area (Å²) in [6.45, 7) is 0.866. The van der Waals surface area contributed by atoms with Crippen LogP contribution in [0.2, 0.25) is 0 Å². The topological polar surface area (TPSA) is 76.9 Å². The van der Waals surface area contributed by atoms with E-state index in [0.29, 0.717) is 11.2 Å². The summed E-state index contributed by atoms with van der Waals surface area (Å²) in [4.78, 5) is 35.9. The summed E-state index contributed by atoms with van der Waals surface area (Å²) < 4.78 is 19.7. The van der Waals surface area contributed by atoms with Crippen molar-refractivity contribution >= 4 is 28.9 Å². The average molecular weight is 354 g/mol. The van der Waals surface area contributed by atoms with Crippen LogP contribution in [-0.4, -0.2) is 28.7 Å². The van der Waals surface area contributed by atoms with Gasteiger partial charge in [-0.3, -0.25) is 9.59 Å². The van der Waals surface area contributed by atoms with Gasteiger partial charge in [-0.05, 0) is 36.4 Å². The van der Waals surface area contributed by atoms with E-state index in [9.17, 15) is 18.8 Å². The Kier molecular flexibility index (Phi) is 4.79. The van der Waals surface area contributed by atoms with E-state index >= 15 is 0 Å². The van der Waals surface area contributed by atoms with Crippen LogP contribution in [0, 0.1) is 5.82 Å². The molecule has 0 unspecified atom stereocenters. The number of Topliss-reactive ketones (excluding diaryl/α,β-unsaturated/α-hetero) is 1. The Balaban J connectivity index is 1.71. The molecule has 0 saturated carbocycles. The van der Waals surface area contributed by atoms with Gasteiger partial charge >= 0.3 is 5.97 Å². The summed E-state index contributed by atoms with van der Waals surface area (Å²) in [5, 5.41) is 2.43. The highest BCUT2D eigenvalue weighted by Crippen LogP contribution is 2.18. The second-order valence-electron chi connectivity index (χ2n) is 5.59. The van der Waals surface area contributed by atoms with Gasteiger partial charge in [0.05, 0.1) is 16.8 Å². The predicted molar refractivity (Wildman–Crippen MR) is 92.7 cm³/mol. The number of carbonyl (C=O) groups is 3. The Morgan fingerprint density at radius 2 is 1.92 bits per heavy atom. The van der Waals surface area contributed by atoms with E-state index in [2.05, 4.69) is 5.32 Å². The first-order chi connectivity index (χ1) is 12.5. The predicted octanol–water partition coefficient (Wildman–Crippen LogP) is 3.08. The fourth-order valence-electron chi connectivity index (χ4n) is 2.56. The van der Waals surface area contributed by atoms with E-state index in [1.165, 1.54) is 31.2 Å². The standard InChI is InChI=1S/C19H15FN2O4/c1-12(23)17-10-15(16-7-2-3-8-22(16)17)19(25)26-11-18(24)21-14-6-4-5-13(20)9-14/h2-10H,11H2,1H3,(H,21,24). The number of hydrogen-bond acceptors (Lipinski definition) is 4. The van der Waals surface area contributed by atoms with Crippen molar-refractivity contribution < 1.29 is 23.5 Å². The van der Waals surface area contributed by atoms with Crippen LogP contribution in [0.3, 0.4) is 0 Å². The van der Waals surface area contributed by atoms with Crippen molar-refractivity contribution in [3.63, 3.8) is 0 Å². The number of ether oxygens (including phenoxy) is 1. The number of hydrogen-bond donors (Lipinski definition) is 1. The smallest absolute Gasteiger partial charge is 0.340 e. The molecule has 132 valence electrons. The summed E-state index contributed by atoms with van der Waals surface area (Å²) in [5.41, 5.74) is 1.30. The quantitative estimate of drug-likeness (QED) is 0.564. The summed E-state index contributed by atoms with van der Waals surface area (Å²) in [5.74, 6) is -2.01. The molecular formula is C19H15FN2O4. The number of rotatable bonds is 5. The maximum absolute atomic E-state index is 13.1. The monoisotopic (exact) mass is 354 g/mol. The molecule has 26 heavy (non-hydrogen) atoms. The van der Waals surface area contributed by atoms with Crippen molar-refractivity contribution in [1.29, 1.82) is 0 Å². The Morgan fingerprint density at radius 1 is 1.12 bits per heavy atom. The minimum absolute atomic E-state index is 0.189. The summed E-state index contributed by atoms with van der Waals surface area (Å²) in [6.07, 6.45) is 1.67. The minimum atomic E-state index is -0.726. The number of benzene rings is 1. The highest BCUT2D eigenvalue weighted by Gasteiger charge is 2.19. The molecule has 0 bridgehead atoms. The summed E-state index contributed by atoms with van der Waals surface area (Å²) >= 11 is 0. The summed E-state index contributed by atoms with van der Waals surface area (Å²) in [7, 11) is 0. The van der Waals surface area contributed by atoms with Gasteiger partial charge in [0.1, 0.15) is 5.82 Å². The zero-order valence-corrected chi connectivity index (χ0v) is 13.9. The minimum Gasteiger partial charge on any atom is -0.452 e. The molecule has 2 heterocycles. The number of nitrogens with zero attached hydrogens (tertiary/aromatic N) is 1. The van der Waals surface area contributed by atoms with Crippen LogP contribution in [-0.2, 0) is 9.53 Å². The number of ketones is 1. The van der Waals surface area contributed by atoms with Crippen LogP contribution >= 0.6 is 0 Å². The van der Waals surface area contributed by atoms with Gasteiger partial charge in [0.25, 0.3) is 5.91 Å². The maximum Gasteiger partial charge on any atom is 0.340 e. The van der Waals surface area contributed by atoms with Crippen LogP contribution in [0.5, 0.6) is 0 Å². The zero-order chi connectivity index (χ0) is 18.7. The third kappa shape index (κ3) is 3.61. The van der Waals surface area contributed by atoms with Crippen molar-refractivity contribution in [2.45, 2.75) is 6.92 Å².